The molecule has 0 bridgehead atoms. The lowest BCUT2D eigenvalue weighted by molar-refractivity contribution is -0.109. The Morgan fingerprint density at radius 1 is 1.43 bits per heavy atom. The van der Waals surface area contributed by atoms with Crippen LogP contribution < -0.4 is 0 Å². The first-order valence-electron chi connectivity index (χ1n) is 4.06. The van der Waals surface area contributed by atoms with E-state index >= 15 is 0 Å². The third-order valence-corrected chi connectivity index (χ3v) is 2.12. The van der Waals surface area contributed by atoms with Gasteiger partial charge >= 0.3 is 0 Å². The fourth-order valence-corrected chi connectivity index (χ4v) is 1.16. The second kappa shape index (κ2) is 5.46. The lowest BCUT2D eigenvalue weighted by Gasteiger charge is -1.89. The highest BCUT2D eigenvalue weighted by molar-refractivity contribution is 8.13. The molecular weight excluding hydrogens is 199 g/mol. The average molecular weight is 208 g/mol. The Kier molecular flexibility index (Phi) is 4.21. The molecule has 0 aliphatic carbocycles. The first-order valence-corrected chi connectivity index (χ1v) is 5.05. The summed E-state index contributed by atoms with van der Waals surface area (Å²) in [5.41, 5.74) is 0.760. The van der Waals surface area contributed by atoms with Crippen molar-refractivity contribution in [3.05, 3.63) is 35.6 Å². The van der Waals surface area contributed by atoms with E-state index in [0.717, 1.165) is 5.56 Å². The number of thioether (sulfide) groups is 1. The van der Waals surface area contributed by atoms with Gasteiger partial charge in [-0.05, 0) is 24.3 Å². The highest BCUT2D eigenvalue weighted by Crippen LogP contribution is 2.02. The highest BCUT2D eigenvalue weighted by Gasteiger charge is 1.90. The molecule has 14 heavy (non-hydrogen) atoms. The Balaban J connectivity index is 2.51. The van der Waals surface area contributed by atoms with Gasteiger partial charge in [0.25, 0.3) is 0 Å². The zero-order chi connectivity index (χ0) is 10.4. The standard InChI is InChI=1S/C11H9FOS/c1-9(13)14-8-2-3-10-4-6-11(12)7-5-10/h4-7H,8H2,1H3. The minimum absolute atomic E-state index is 0.0541. The van der Waals surface area contributed by atoms with E-state index in [1.807, 2.05) is 0 Å². The number of carbonyl (C=O) groups is 1. The van der Waals surface area contributed by atoms with E-state index in [1.165, 1.54) is 30.8 Å². The first-order chi connectivity index (χ1) is 6.68. The molecule has 0 saturated carbocycles. The van der Waals surface area contributed by atoms with E-state index in [9.17, 15) is 9.18 Å². The summed E-state index contributed by atoms with van der Waals surface area (Å²) in [5.74, 6) is 5.87. The molecule has 0 unspecified atom stereocenters. The van der Waals surface area contributed by atoms with Gasteiger partial charge in [-0.2, -0.15) is 0 Å². The van der Waals surface area contributed by atoms with Crippen LogP contribution in [-0.4, -0.2) is 10.9 Å². The Labute approximate surface area is 86.7 Å². The van der Waals surface area contributed by atoms with Crippen molar-refractivity contribution in [2.24, 2.45) is 0 Å². The molecule has 0 aromatic heterocycles. The van der Waals surface area contributed by atoms with Gasteiger partial charge in [0.1, 0.15) is 5.82 Å². The van der Waals surface area contributed by atoms with Gasteiger partial charge < -0.3 is 0 Å². The molecule has 0 atom stereocenters. The molecule has 3 heteroatoms. The number of carbonyl (C=O) groups excluding carboxylic acids is 1. The van der Waals surface area contributed by atoms with Crippen LogP contribution in [0.5, 0.6) is 0 Å². The van der Waals surface area contributed by atoms with Crippen molar-refractivity contribution in [3.63, 3.8) is 0 Å². The number of rotatable bonds is 1. The molecule has 1 aromatic carbocycles. The van der Waals surface area contributed by atoms with Gasteiger partial charge in [-0.25, -0.2) is 4.39 Å². The molecule has 0 amide bonds. The van der Waals surface area contributed by atoms with Crippen LogP contribution in [0.2, 0.25) is 0 Å². The summed E-state index contributed by atoms with van der Waals surface area (Å²) in [6.45, 7) is 1.50. The van der Waals surface area contributed by atoms with Crippen LogP contribution in [0.25, 0.3) is 0 Å². The molecule has 1 rings (SSSR count). The molecule has 0 fully saturated rings. The van der Waals surface area contributed by atoms with Gasteiger partial charge in [0.2, 0.25) is 0 Å². The zero-order valence-electron chi connectivity index (χ0n) is 7.71. The predicted octanol–water partition coefficient (Wildman–Crippen LogP) is 2.46. The van der Waals surface area contributed by atoms with Crippen molar-refractivity contribution in [1.82, 2.24) is 0 Å². The lowest BCUT2D eigenvalue weighted by Crippen LogP contribution is -1.82. The van der Waals surface area contributed by atoms with Crippen LogP contribution in [-0.2, 0) is 4.79 Å². The minimum atomic E-state index is -0.270. The maximum atomic E-state index is 12.5. The Morgan fingerprint density at radius 2 is 2.07 bits per heavy atom. The van der Waals surface area contributed by atoms with Crippen molar-refractivity contribution >= 4 is 16.9 Å². The molecule has 0 heterocycles. The summed E-state index contributed by atoms with van der Waals surface area (Å²) in [4.78, 5) is 10.5. The summed E-state index contributed by atoms with van der Waals surface area (Å²) in [7, 11) is 0. The summed E-state index contributed by atoms with van der Waals surface area (Å²) >= 11 is 1.17. The van der Waals surface area contributed by atoms with Crippen LogP contribution in [0, 0.1) is 17.7 Å². The normalized spacial score (nSPS) is 9.00. The van der Waals surface area contributed by atoms with E-state index in [-0.39, 0.29) is 10.9 Å². The van der Waals surface area contributed by atoms with Crippen molar-refractivity contribution in [2.75, 3.05) is 5.75 Å². The second-order valence-electron chi connectivity index (χ2n) is 2.59. The zero-order valence-corrected chi connectivity index (χ0v) is 8.53. The van der Waals surface area contributed by atoms with Crippen LogP contribution >= 0.6 is 11.8 Å². The largest absolute Gasteiger partial charge is 0.288 e. The molecule has 0 radical (unpaired) electrons. The number of hydrogen-bond acceptors (Lipinski definition) is 2. The lowest BCUT2D eigenvalue weighted by atomic mass is 10.2. The molecule has 1 nitrogen and oxygen atoms in total. The molecule has 1 aromatic rings. The monoisotopic (exact) mass is 208 g/mol. The first kappa shape index (κ1) is 10.8. The molecule has 0 spiro atoms. The summed E-state index contributed by atoms with van der Waals surface area (Å²) in [6.07, 6.45) is 0. The molecule has 0 saturated heterocycles. The van der Waals surface area contributed by atoms with Crippen LogP contribution in [0.15, 0.2) is 24.3 Å². The van der Waals surface area contributed by atoms with Gasteiger partial charge in [-0.3, -0.25) is 4.79 Å². The molecular formula is C11H9FOS. The van der Waals surface area contributed by atoms with Gasteiger partial charge in [0, 0.05) is 12.5 Å². The van der Waals surface area contributed by atoms with Crippen molar-refractivity contribution in [2.45, 2.75) is 6.92 Å². The van der Waals surface area contributed by atoms with Crippen molar-refractivity contribution in [1.29, 1.82) is 0 Å². The fourth-order valence-electron chi connectivity index (χ4n) is 0.809. The van der Waals surface area contributed by atoms with Crippen molar-refractivity contribution in [3.8, 4) is 11.8 Å². The van der Waals surface area contributed by atoms with E-state index in [1.54, 1.807) is 12.1 Å². The molecule has 0 aliphatic rings. The fraction of sp³-hybridized carbons (Fsp3) is 0.182. The minimum Gasteiger partial charge on any atom is -0.288 e. The van der Waals surface area contributed by atoms with E-state index in [4.69, 9.17) is 0 Å². The van der Waals surface area contributed by atoms with Crippen molar-refractivity contribution < 1.29 is 9.18 Å². The molecule has 72 valence electrons. The van der Waals surface area contributed by atoms with E-state index in [0.29, 0.717) is 5.75 Å². The maximum Gasteiger partial charge on any atom is 0.186 e. The topological polar surface area (TPSA) is 17.1 Å². The third kappa shape index (κ3) is 4.11. The van der Waals surface area contributed by atoms with Gasteiger partial charge in [-0.1, -0.05) is 23.6 Å². The molecule has 0 N–H and O–H groups in total. The summed E-state index contributed by atoms with van der Waals surface area (Å²) in [6, 6.07) is 5.95. The number of benzene rings is 1. The SMILES string of the molecule is CC(=O)SCC#Cc1ccc(F)cc1. The van der Waals surface area contributed by atoms with Gasteiger partial charge in [-0.15, -0.1) is 0 Å². The maximum absolute atomic E-state index is 12.5. The van der Waals surface area contributed by atoms with Crippen LogP contribution in [0.1, 0.15) is 12.5 Å². The Hall–Kier alpha value is -1.27. The van der Waals surface area contributed by atoms with Crippen LogP contribution in [0.3, 0.4) is 0 Å². The molecule has 0 aliphatic heterocycles. The highest BCUT2D eigenvalue weighted by atomic mass is 32.2. The van der Waals surface area contributed by atoms with E-state index in [2.05, 4.69) is 11.8 Å². The predicted molar refractivity (Wildman–Crippen MR) is 56.4 cm³/mol. The van der Waals surface area contributed by atoms with Gasteiger partial charge in [0.05, 0.1) is 5.75 Å². The quantitative estimate of drug-likeness (QED) is 0.659. The Morgan fingerprint density at radius 3 is 2.64 bits per heavy atom. The smallest absolute Gasteiger partial charge is 0.186 e. The second-order valence-corrected chi connectivity index (χ2v) is 3.74. The third-order valence-electron chi connectivity index (χ3n) is 1.42. The average Bonchev–Trinajstić information content (AvgIpc) is 2.15. The Bertz CT molecular complexity index is 373. The number of hydrogen-bond donors (Lipinski definition) is 0. The summed E-state index contributed by atoms with van der Waals surface area (Å²) in [5, 5.41) is 0.0541. The van der Waals surface area contributed by atoms with Crippen LogP contribution in [0.4, 0.5) is 4.39 Å². The summed E-state index contributed by atoms with van der Waals surface area (Å²) < 4.78 is 12.5. The van der Waals surface area contributed by atoms with E-state index < -0.39 is 0 Å². The number of halogens is 1. The van der Waals surface area contributed by atoms with Gasteiger partial charge in [0.15, 0.2) is 5.12 Å².